The van der Waals surface area contributed by atoms with Gasteiger partial charge in [-0.25, -0.2) is 13.1 Å². The van der Waals surface area contributed by atoms with Crippen molar-refractivity contribution in [3.63, 3.8) is 0 Å². The maximum Gasteiger partial charge on any atom is 0.241 e. The Kier molecular flexibility index (Phi) is 4.68. The SMILES string of the molecule is CC(C)C(CCl)NS(=O)(=O)c1cccc2ccccc12. The van der Waals surface area contributed by atoms with Crippen molar-refractivity contribution in [2.45, 2.75) is 24.8 Å². The van der Waals surface area contributed by atoms with Crippen LogP contribution in [0.3, 0.4) is 0 Å². The Balaban J connectivity index is 2.47. The van der Waals surface area contributed by atoms with Gasteiger partial charge in [-0.15, -0.1) is 11.6 Å². The summed E-state index contributed by atoms with van der Waals surface area (Å²) < 4.78 is 27.8. The normalized spacial score (nSPS) is 13.8. The summed E-state index contributed by atoms with van der Waals surface area (Å²) in [7, 11) is -3.58. The molecule has 0 fully saturated rings. The van der Waals surface area contributed by atoms with E-state index >= 15 is 0 Å². The first kappa shape index (κ1) is 15.3. The van der Waals surface area contributed by atoms with Crippen molar-refractivity contribution >= 4 is 32.4 Å². The van der Waals surface area contributed by atoms with E-state index in [2.05, 4.69) is 4.72 Å². The Morgan fingerprint density at radius 3 is 2.40 bits per heavy atom. The number of fused-ring (bicyclic) bond motifs is 1. The molecule has 5 heteroatoms. The highest BCUT2D eigenvalue weighted by atomic mass is 35.5. The van der Waals surface area contributed by atoms with Crippen LogP contribution >= 0.6 is 11.6 Å². The van der Waals surface area contributed by atoms with Gasteiger partial charge in [-0.3, -0.25) is 0 Å². The Labute approximate surface area is 125 Å². The van der Waals surface area contributed by atoms with Crippen molar-refractivity contribution in [2.24, 2.45) is 5.92 Å². The Hall–Kier alpha value is -1.10. The molecular formula is C15H18ClNO2S. The van der Waals surface area contributed by atoms with Crippen LogP contribution in [0.1, 0.15) is 13.8 Å². The van der Waals surface area contributed by atoms with E-state index < -0.39 is 10.0 Å². The third kappa shape index (κ3) is 3.14. The number of alkyl halides is 1. The Morgan fingerprint density at radius 1 is 1.10 bits per heavy atom. The lowest BCUT2D eigenvalue weighted by Crippen LogP contribution is -2.39. The summed E-state index contributed by atoms with van der Waals surface area (Å²) in [6.07, 6.45) is 0. The predicted octanol–water partition coefficient (Wildman–Crippen LogP) is 3.38. The summed E-state index contributed by atoms with van der Waals surface area (Å²) in [5.74, 6) is 0.388. The average molecular weight is 312 g/mol. The van der Waals surface area contributed by atoms with Crippen LogP contribution < -0.4 is 4.72 Å². The van der Waals surface area contributed by atoms with E-state index in [0.717, 1.165) is 10.8 Å². The topological polar surface area (TPSA) is 46.2 Å². The van der Waals surface area contributed by atoms with Gasteiger partial charge in [0, 0.05) is 17.3 Å². The summed E-state index contributed by atoms with van der Waals surface area (Å²) in [6, 6.07) is 12.4. The highest BCUT2D eigenvalue weighted by Crippen LogP contribution is 2.23. The molecule has 0 spiro atoms. The second-order valence-electron chi connectivity index (χ2n) is 5.10. The van der Waals surface area contributed by atoms with Gasteiger partial charge in [0.15, 0.2) is 0 Å². The van der Waals surface area contributed by atoms with E-state index in [-0.39, 0.29) is 17.8 Å². The molecule has 0 radical (unpaired) electrons. The van der Waals surface area contributed by atoms with Gasteiger partial charge in [-0.05, 0) is 17.4 Å². The van der Waals surface area contributed by atoms with Gasteiger partial charge in [0.2, 0.25) is 10.0 Å². The lowest BCUT2D eigenvalue weighted by Gasteiger charge is -2.20. The number of rotatable bonds is 5. The number of sulfonamides is 1. The molecule has 2 aromatic rings. The van der Waals surface area contributed by atoms with Gasteiger partial charge in [-0.1, -0.05) is 50.2 Å². The standard InChI is InChI=1S/C15H18ClNO2S/c1-11(2)14(10-16)17-20(18,19)15-9-5-7-12-6-3-4-8-13(12)15/h3-9,11,14,17H,10H2,1-2H3. The quantitative estimate of drug-likeness (QED) is 0.860. The Morgan fingerprint density at radius 2 is 1.75 bits per heavy atom. The molecule has 0 aliphatic heterocycles. The molecule has 2 rings (SSSR count). The first-order valence-electron chi connectivity index (χ1n) is 6.52. The summed E-state index contributed by atoms with van der Waals surface area (Å²) >= 11 is 5.85. The minimum atomic E-state index is -3.58. The van der Waals surface area contributed by atoms with E-state index in [0.29, 0.717) is 4.90 Å². The van der Waals surface area contributed by atoms with Gasteiger partial charge >= 0.3 is 0 Å². The number of hydrogen-bond donors (Lipinski definition) is 1. The lowest BCUT2D eigenvalue weighted by atomic mass is 10.1. The molecular weight excluding hydrogens is 294 g/mol. The zero-order valence-corrected chi connectivity index (χ0v) is 13.1. The largest absolute Gasteiger partial charge is 0.241 e. The maximum atomic E-state index is 12.6. The highest BCUT2D eigenvalue weighted by molar-refractivity contribution is 7.89. The number of benzene rings is 2. The molecule has 2 aromatic carbocycles. The smallest absolute Gasteiger partial charge is 0.207 e. The van der Waals surface area contributed by atoms with Gasteiger partial charge < -0.3 is 0 Å². The van der Waals surface area contributed by atoms with Crippen LogP contribution in [0.15, 0.2) is 47.4 Å². The second kappa shape index (κ2) is 6.12. The van der Waals surface area contributed by atoms with Crippen molar-refractivity contribution < 1.29 is 8.42 Å². The predicted molar refractivity (Wildman–Crippen MR) is 83.6 cm³/mol. The molecule has 0 bridgehead atoms. The molecule has 0 aliphatic carbocycles. The average Bonchev–Trinajstić information content (AvgIpc) is 2.43. The summed E-state index contributed by atoms with van der Waals surface area (Å²) in [5.41, 5.74) is 0. The molecule has 20 heavy (non-hydrogen) atoms. The molecule has 1 unspecified atom stereocenters. The molecule has 0 aliphatic rings. The van der Waals surface area contributed by atoms with Crippen LogP contribution in [0.2, 0.25) is 0 Å². The van der Waals surface area contributed by atoms with E-state index in [9.17, 15) is 8.42 Å². The zero-order valence-electron chi connectivity index (χ0n) is 11.5. The highest BCUT2D eigenvalue weighted by Gasteiger charge is 2.23. The minimum Gasteiger partial charge on any atom is -0.207 e. The van der Waals surface area contributed by atoms with Crippen molar-refractivity contribution in [3.05, 3.63) is 42.5 Å². The lowest BCUT2D eigenvalue weighted by molar-refractivity contribution is 0.480. The van der Waals surface area contributed by atoms with Gasteiger partial charge in [0.1, 0.15) is 0 Å². The van der Waals surface area contributed by atoms with Gasteiger partial charge in [0.05, 0.1) is 4.90 Å². The molecule has 3 nitrogen and oxygen atoms in total. The summed E-state index contributed by atoms with van der Waals surface area (Å²) in [6.45, 7) is 3.89. The van der Waals surface area contributed by atoms with Crippen LogP contribution in [0.5, 0.6) is 0 Å². The van der Waals surface area contributed by atoms with E-state index in [1.807, 2.05) is 44.2 Å². The van der Waals surface area contributed by atoms with Crippen molar-refractivity contribution in [1.82, 2.24) is 4.72 Å². The van der Waals surface area contributed by atoms with E-state index in [1.54, 1.807) is 12.1 Å². The van der Waals surface area contributed by atoms with Crippen LogP contribution in [0, 0.1) is 5.92 Å². The Bertz CT molecular complexity index is 693. The molecule has 0 saturated carbocycles. The molecule has 1 atom stereocenters. The van der Waals surface area contributed by atoms with E-state index in [1.165, 1.54) is 0 Å². The van der Waals surface area contributed by atoms with E-state index in [4.69, 9.17) is 11.6 Å². The van der Waals surface area contributed by atoms with Crippen molar-refractivity contribution in [1.29, 1.82) is 0 Å². The monoisotopic (exact) mass is 311 g/mol. The molecule has 108 valence electrons. The fourth-order valence-electron chi connectivity index (χ4n) is 2.04. The molecule has 1 N–H and O–H groups in total. The second-order valence-corrected chi connectivity index (χ2v) is 7.09. The van der Waals surface area contributed by atoms with Gasteiger partial charge in [-0.2, -0.15) is 0 Å². The third-order valence-electron chi connectivity index (χ3n) is 3.32. The molecule has 0 aromatic heterocycles. The molecule has 0 amide bonds. The first-order valence-corrected chi connectivity index (χ1v) is 8.53. The first-order chi connectivity index (χ1) is 9.45. The van der Waals surface area contributed by atoms with Gasteiger partial charge in [0.25, 0.3) is 0 Å². The zero-order chi connectivity index (χ0) is 14.8. The maximum absolute atomic E-state index is 12.6. The van der Waals surface area contributed by atoms with Crippen LogP contribution in [0.4, 0.5) is 0 Å². The van der Waals surface area contributed by atoms with Crippen molar-refractivity contribution in [2.75, 3.05) is 5.88 Å². The number of nitrogens with one attached hydrogen (secondary N) is 1. The van der Waals surface area contributed by atoms with Crippen molar-refractivity contribution in [3.8, 4) is 0 Å². The number of hydrogen-bond acceptors (Lipinski definition) is 2. The van der Waals surface area contributed by atoms with Crippen LogP contribution in [-0.4, -0.2) is 20.3 Å². The summed E-state index contributed by atoms with van der Waals surface area (Å²) in [4.78, 5) is 0.298. The fourth-order valence-corrected chi connectivity index (χ4v) is 4.18. The molecule has 0 saturated heterocycles. The summed E-state index contributed by atoms with van der Waals surface area (Å²) in [5, 5.41) is 1.63. The van der Waals surface area contributed by atoms with Crippen LogP contribution in [-0.2, 0) is 10.0 Å². The minimum absolute atomic E-state index is 0.136. The number of halogens is 1. The third-order valence-corrected chi connectivity index (χ3v) is 5.20. The fraction of sp³-hybridized carbons (Fsp3) is 0.333. The van der Waals surface area contributed by atoms with Crippen LogP contribution in [0.25, 0.3) is 10.8 Å². The molecule has 0 heterocycles.